The fourth-order valence-electron chi connectivity index (χ4n) is 5.52. The van der Waals surface area contributed by atoms with Crippen LogP contribution in [0.1, 0.15) is 47.4 Å². The number of amides is 1. The molecule has 50 heavy (non-hydrogen) atoms. The van der Waals surface area contributed by atoms with Crippen molar-refractivity contribution < 1.29 is 59.3 Å². The zero-order chi connectivity index (χ0) is 36.4. The standard InChI is InChI=1S/C34H34F7N3O6/c1-48-33(47)44-32(31(19-2-4-21(35)5-3-19)26-13-22(36)6-9-27(26)37)29(45)12-20-14-42-16-28(38)25(20)8-7-24-15-43-23(17-49-24)18-50-30(46)10-11-34(39,40)41/h2-6,9,13-14,16,23-24,31-32,43H,7-8,10-12,15,17-18H2,1H3,(H,44,47)/t23-,24+,31-,32?/m0/s1. The number of ether oxygens (including phenoxy) is 3. The van der Waals surface area contributed by atoms with Gasteiger partial charge in [0.05, 0.1) is 44.9 Å². The summed E-state index contributed by atoms with van der Waals surface area (Å²) in [6.45, 7) is 0.104. The first-order chi connectivity index (χ1) is 23.7. The number of ketones is 1. The summed E-state index contributed by atoms with van der Waals surface area (Å²) in [5, 5.41) is 5.45. The normalized spacial score (nSPS) is 17.4. The first kappa shape index (κ1) is 38.2. The Labute approximate surface area is 282 Å². The fraction of sp³-hybridized carbons (Fsp3) is 0.412. The van der Waals surface area contributed by atoms with Crippen LogP contribution in [0.25, 0.3) is 0 Å². The minimum absolute atomic E-state index is 0.0592. The number of aromatic nitrogens is 1. The number of carbonyl (C=O) groups is 3. The number of Topliss-reactive ketones (excluding diaryl/α,β-unsaturated/α-hetero) is 1. The van der Waals surface area contributed by atoms with Gasteiger partial charge in [-0.15, -0.1) is 0 Å². The molecule has 16 heteroatoms. The Morgan fingerprint density at radius 1 is 1.02 bits per heavy atom. The highest BCUT2D eigenvalue weighted by molar-refractivity contribution is 5.90. The van der Waals surface area contributed by atoms with Crippen molar-refractivity contribution in [3.63, 3.8) is 0 Å². The Morgan fingerprint density at radius 3 is 2.40 bits per heavy atom. The zero-order valence-corrected chi connectivity index (χ0v) is 26.7. The van der Waals surface area contributed by atoms with Crippen molar-refractivity contribution >= 4 is 17.8 Å². The number of halogens is 7. The van der Waals surface area contributed by atoms with E-state index in [0.717, 1.165) is 43.6 Å². The highest BCUT2D eigenvalue weighted by Crippen LogP contribution is 2.33. The van der Waals surface area contributed by atoms with E-state index in [1.807, 2.05) is 0 Å². The molecule has 0 saturated carbocycles. The maximum atomic E-state index is 15.2. The molecule has 1 saturated heterocycles. The van der Waals surface area contributed by atoms with Crippen LogP contribution in [0.4, 0.5) is 35.5 Å². The molecule has 4 rings (SSSR count). The Kier molecular flexibility index (Phi) is 13.3. The Balaban J connectivity index is 1.48. The number of alkyl carbamates (subject to hydrolysis) is 1. The van der Waals surface area contributed by atoms with Gasteiger partial charge in [0, 0.05) is 30.6 Å². The van der Waals surface area contributed by atoms with E-state index in [4.69, 9.17) is 14.2 Å². The lowest BCUT2D eigenvalue weighted by Crippen LogP contribution is -2.49. The number of methoxy groups -OCH3 is 1. The molecular weight excluding hydrogens is 679 g/mol. The highest BCUT2D eigenvalue weighted by atomic mass is 19.4. The number of nitrogens with one attached hydrogen (secondary N) is 2. The number of hydrogen-bond acceptors (Lipinski definition) is 8. The third kappa shape index (κ3) is 11.0. The molecule has 1 amide bonds. The van der Waals surface area contributed by atoms with Gasteiger partial charge in [-0.1, -0.05) is 12.1 Å². The maximum Gasteiger partial charge on any atom is 0.407 e. The Morgan fingerprint density at radius 2 is 1.74 bits per heavy atom. The summed E-state index contributed by atoms with van der Waals surface area (Å²) in [6, 6.07) is 5.17. The van der Waals surface area contributed by atoms with E-state index in [9.17, 15) is 36.3 Å². The van der Waals surface area contributed by atoms with Crippen molar-refractivity contribution in [2.45, 2.75) is 62.4 Å². The van der Waals surface area contributed by atoms with Gasteiger partial charge >= 0.3 is 18.2 Å². The van der Waals surface area contributed by atoms with Crippen LogP contribution in [0, 0.1) is 23.3 Å². The topological polar surface area (TPSA) is 116 Å². The van der Waals surface area contributed by atoms with Crippen molar-refractivity contribution in [3.8, 4) is 0 Å². The quantitative estimate of drug-likeness (QED) is 0.167. The smallest absolute Gasteiger partial charge is 0.407 e. The third-order valence-corrected chi connectivity index (χ3v) is 8.06. The van der Waals surface area contributed by atoms with Crippen molar-refractivity contribution in [1.82, 2.24) is 15.6 Å². The minimum Gasteiger partial charge on any atom is -0.464 e. The number of carbonyl (C=O) groups excluding carboxylic acids is 3. The van der Waals surface area contributed by atoms with Crippen LogP contribution in [-0.2, 0) is 36.6 Å². The molecular formula is C34H34F7N3O6. The van der Waals surface area contributed by atoms with Gasteiger partial charge in [-0.25, -0.2) is 22.4 Å². The van der Waals surface area contributed by atoms with E-state index in [1.165, 1.54) is 18.3 Å². The lowest BCUT2D eigenvalue weighted by molar-refractivity contribution is -0.158. The van der Waals surface area contributed by atoms with Crippen LogP contribution < -0.4 is 10.6 Å². The molecule has 3 aromatic rings. The highest BCUT2D eigenvalue weighted by Gasteiger charge is 2.35. The van der Waals surface area contributed by atoms with Crippen molar-refractivity contribution in [2.75, 3.05) is 26.9 Å². The summed E-state index contributed by atoms with van der Waals surface area (Å²) >= 11 is 0. The predicted molar refractivity (Wildman–Crippen MR) is 163 cm³/mol. The van der Waals surface area contributed by atoms with Crippen LogP contribution >= 0.6 is 0 Å². The van der Waals surface area contributed by atoms with Gasteiger partial charge in [-0.3, -0.25) is 14.6 Å². The summed E-state index contributed by atoms with van der Waals surface area (Å²) in [5.41, 5.74) is 0.126. The molecule has 270 valence electrons. The number of nitrogens with zero attached hydrogens (tertiary/aromatic N) is 1. The molecule has 0 aliphatic carbocycles. The van der Waals surface area contributed by atoms with Crippen LogP contribution in [0.3, 0.4) is 0 Å². The Bertz CT molecular complexity index is 1630. The van der Waals surface area contributed by atoms with Crippen LogP contribution in [0.15, 0.2) is 54.9 Å². The van der Waals surface area contributed by atoms with Crippen molar-refractivity contribution in [2.24, 2.45) is 0 Å². The number of alkyl halides is 3. The molecule has 0 bridgehead atoms. The molecule has 1 aromatic heterocycles. The molecule has 0 spiro atoms. The number of morpholine rings is 1. The van der Waals surface area contributed by atoms with Crippen LogP contribution in [-0.4, -0.2) is 74.1 Å². The minimum atomic E-state index is -4.48. The predicted octanol–water partition coefficient (Wildman–Crippen LogP) is 5.48. The van der Waals surface area contributed by atoms with Gasteiger partial charge in [-0.2, -0.15) is 13.2 Å². The average Bonchev–Trinajstić information content (AvgIpc) is 3.08. The summed E-state index contributed by atoms with van der Waals surface area (Å²) in [6.07, 6.45) is -6.04. The molecule has 1 fully saturated rings. The lowest BCUT2D eigenvalue weighted by Gasteiger charge is -2.30. The number of rotatable bonds is 14. The van der Waals surface area contributed by atoms with Gasteiger partial charge in [-0.05, 0) is 59.9 Å². The number of hydrogen-bond donors (Lipinski definition) is 2. The molecule has 1 unspecified atom stereocenters. The van der Waals surface area contributed by atoms with Crippen LogP contribution in [0.5, 0.6) is 0 Å². The summed E-state index contributed by atoms with van der Waals surface area (Å²) < 4.78 is 111. The van der Waals surface area contributed by atoms with Crippen molar-refractivity contribution in [1.29, 1.82) is 0 Å². The second-order valence-corrected chi connectivity index (χ2v) is 11.6. The molecule has 2 N–H and O–H groups in total. The second-order valence-electron chi connectivity index (χ2n) is 11.6. The molecule has 1 aliphatic rings. The summed E-state index contributed by atoms with van der Waals surface area (Å²) in [7, 11) is 1.04. The van der Waals surface area contributed by atoms with E-state index < -0.39 is 90.7 Å². The van der Waals surface area contributed by atoms with Gasteiger partial charge in [0.15, 0.2) is 5.78 Å². The summed E-state index contributed by atoms with van der Waals surface area (Å²) in [4.78, 5) is 41.9. The zero-order valence-electron chi connectivity index (χ0n) is 26.7. The number of benzene rings is 2. The van der Waals surface area contributed by atoms with E-state index in [0.29, 0.717) is 0 Å². The first-order valence-corrected chi connectivity index (χ1v) is 15.5. The number of pyridine rings is 1. The SMILES string of the molecule is COC(=O)NC(C(=O)Cc1cncc(F)c1CC[C@@H]1CN[C@H](COC(=O)CCC(F)(F)F)CO1)[C@@H](c1ccc(F)cc1)c1cc(F)ccc1F. The Hall–Kier alpha value is -4.57. The molecule has 4 atom stereocenters. The van der Waals surface area contributed by atoms with E-state index in [1.54, 1.807) is 0 Å². The monoisotopic (exact) mass is 713 g/mol. The van der Waals surface area contributed by atoms with Gasteiger partial charge in [0.1, 0.15) is 35.9 Å². The average molecular weight is 714 g/mol. The van der Waals surface area contributed by atoms with E-state index >= 15 is 8.78 Å². The largest absolute Gasteiger partial charge is 0.464 e. The van der Waals surface area contributed by atoms with E-state index in [2.05, 4.69) is 15.6 Å². The van der Waals surface area contributed by atoms with Crippen LogP contribution in [0.2, 0.25) is 0 Å². The van der Waals surface area contributed by atoms with E-state index in [-0.39, 0.29) is 54.9 Å². The molecule has 2 aromatic carbocycles. The third-order valence-electron chi connectivity index (χ3n) is 8.06. The van der Waals surface area contributed by atoms with Gasteiger partial charge in [0.25, 0.3) is 0 Å². The number of esters is 1. The molecule has 0 radical (unpaired) electrons. The fourth-order valence-corrected chi connectivity index (χ4v) is 5.52. The molecule has 9 nitrogen and oxygen atoms in total. The first-order valence-electron chi connectivity index (χ1n) is 15.5. The van der Waals surface area contributed by atoms with Gasteiger partial charge < -0.3 is 24.8 Å². The second kappa shape index (κ2) is 17.4. The summed E-state index contributed by atoms with van der Waals surface area (Å²) in [5.74, 6) is -6.19. The molecule has 2 heterocycles. The van der Waals surface area contributed by atoms with Gasteiger partial charge in [0.2, 0.25) is 0 Å². The lowest BCUT2D eigenvalue weighted by atomic mass is 9.81. The molecule has 1 aliphatic heterocycles. The van der Waals surface area contributed by atoms with Crippen molar-refractivity contribution in [3.05, 3.63) is 100 Å². The maximum absolute atomic E-state index is 15.2.